The van der Waals surface area contributed by atoms with Crippen LogP contribution in [0.1, 0.15) is 5.69 Å². The Morgan fingerprint density at radius 1 is 1.50 bits per heavy atom. The number of imidazole rings is 1. The number of nitrogens with zero attached hydrogens (tertiary/aromatic N) is 4. The molecule has 0 radical (unpaired) electrons. The van der Waals surface area contributed by atoms with Gasteiger partial charge in [0.1, 0.15) is 0 Å². The van der Waals surface area contributed by atoms with Gasteiger partial charge in [-0.1, -0.05) is 0 Å². The molecular weight excluding hydrogens is 152 g/mol. The lowest BCUT2D eigenvalue weighted by Crippen LogP contribution is -1.90. The molecule has 0 unspecified atom stereocenters. The molecule has 12 heavy (non-hydrogen) atoms. The predicted octanol–water partition coefficient (Wildman–Crippen LogP) is 0.795. The molecule has 2 aromatic heterocycles. The van der Waals surface area contributed by atoms with E-state index in [9.17, 15) is 0 Å². The molecule has 2 rings (SSSR count). The van der Waals surface area contributed by atoms with E-state index in [0.717, 1.165) is 11.3 Å². The number of hydrogen-bond acceptors (Lipinski definition) is 3. The highest BCUT2D eigenvalue weighted by atomic mass is 15.0. The summed E-state index contributed by atoms with van der Waals surface area (Å²) in [6, 6.07) is 2.08. The molecule has 4 nitrogen and oxygen atoms in total. The van der Waals surface area contributed by atoms with Crippen molar-refractivity contribution in [1.29, 1.82) is 5.26 Å². The summed E-state index contributed by atoms with van der Waals surface area (Å²) in [7, 11) is 0. The van der Waals surface area contributed by atoms with E-state index >= 15 is 0 Å². The Morgan fingerprint density at radius 2 is 2.42 bits per heavy atom. The van der Waals surface area contributed by atoms with Crippen molar-refractivity contribution in [2.45, 2.75) is 6.42 Å². The lowest BCUT2D eigenvalue weighted by molar-refractivity contribution is 1.03. The SMILES string of the molecule is N#CCc1cnc2cnccn12. The second kappa shape index (κ2) is 2.62. The highest BCUT2D eigenvalue weighted by molar-refractivity contribution is 5.37. The molecule has 0 fully saturated rings. The Labute approximate surface area is 69.1 Å². The molecule has 0 N–H and O–H groups in total. The number of hydrogen-bond donors (Lipinski definition) is 0. The summed E-state index contributed by atoms with van der Waals surface area (Å²) in [6.45, 7) is 0. The van der Waals surface area contributed by atoms with Crippen molar-refractivity contribution in [2.75, 3.05) is 0 Å². The normalized spacial score (nSPS) is 9.92. The van der Waals surface area contributed by atoms with E-state index in [4.69, 9.17) is 5.26 Å². The van der Waals surface area contributed by atoms with E-state index in [-0.39, 0.29) is 0 Å². The lowest BCUT2D eigenvalue weighted by Gasteiger charge is -1.93. The minimum atomic E-state index is 0.380. The van der Waals surface area contributed by atoms with Gasteiger partial charge in [0.05, 0.1) is 30.6 Å². The quantitative estimate of drug-likeness (QED) is 0.616. The van der Waals surface area contributed by atoms with Crippen molar-refractivity contribution in [1.82, 2.24) is 14.4 Å². The minimum absolute atomic E-state index is 0.380. The van der Waals surface area contributed by atoms with E-state index in [1.807, 2.05) is 4.40 Å². The van der Waals surface area contributed by atoms with Gasteiger partial charge in [0.2, 0.25) is 0 Å². The third-order valence-electron chi connectivity index (χ3n) is 1.65. The third kappa shape index (κ3) is 0.920. The fraction of sp³-hybridized carbons (Fsp3) is 0.125. The van der Waals surface area contributed by atoms with Gasteiger partial charge in [-0.3, -0.25) is 4.98 Å². The average molecular weight is 158 g/mol. The van der Waals surface area contributed by atoms with Gasteiger partial charge in [0, 0.05) is 12.4 Å². The van der Waals surface area contributed by atoms with Crippen LogP contribution < -0.4 is 0 Å². The second-order valence-corrected chi connectivity index (χ2v) is 2.39. The molecule has 0 aliphatic carbocycles. The third-order valence-corrected chi connectivity index (χ3v) is 1.65. The first-order valence-corrected chi connectivity index (χ1v) is 3.55. The van der Waals surface area contributed by atoms with Gasteiger partial charge in [0.25, 0.3) is 0 Å². The fourth-order valence-corrected chi connectivity index (χ4v) is 1.11. The van der Waals surface area contributed by atoms with Crippen LogP contribution in [0.2, 0.25) is 0 Å². The van der Waals surface area contributed by atoms with Crippen LogP contribution in [-0.2, 0) is 6.42 Å². The molecular formula is C8H6N4. The Bertz CT molecular complexity index is 437. The van der Waals surface area contributed by atoms with E-state index in [0.29, 0.717) is 6.42 Å². The first-order chi connectivity index (χ1) is 5.92. The molecule has 0 atom stereocenters. The van der Waals surface area contributed by atoms with E-state index in [1.54, 1.807) is 24.8 Å². The van der Waals surface area contributed by atoms with E-state index < -0.39 is 0 Å². The number of nitriles is 1. The van der Waals surface area contributed by atoms with Crippen LogP contribution in [0.3, 0.4) is 0 Å². The lowest BCUT2D eigenvalue weighted by atomic mass is 10.4. The standard InChI is InChI=1S/C8H6N4/c9-2-1-7-5-11-8-6-10-3-4-12(7)8/h3-6H,1H2. The van der Waals surface area contributed by atoms with Crippen molar-refractivity contribution in [3.05, 3.63) is 30.5 Å². The zero-order chi connectivity index (χ0) is 8.39. The Hall–Kier alpha value is -1.89. The maximum Gasteiger partial charge on any atom is 0.155 e. The Balaban J connectivity index is 2.64. The maximum atomic E-state index is 8.49. The summed E-state index contributed by atoms with van der Waals surface area (Å²) >= 11 is 0. The zero-order valence-electron chi connectivity index (χ0n) is 6.31. The van der Waals surface area contributed by atoms with Gasteiger partial charge in [0.15, 0.2) is 5.65 Å². The van der Waals surface area contributed by atoms with Crippen LogP contribution in [0.4, 0.5) is 0 Å². The van der Waals surface area contributed by atoms with Gasteiger partial charge in [-0.25, -0.2) is 4.98 Å². The Kier molecular flexibility index (Phi) is 1.49. The monoisotopic (exact) mass is 158 g/mol. The van der Waals surface area contributed by atoms with Crippen LogP contribution in [0.15, 0.2) is 24.8 Å². The highest BCUT2D eigenvalue weighted by Crippen LogP contribution is 2.04. The fourth-order valence-electron chi connectivity index (χ4n) is 1.11. The van der Waals surface area contributed by atoms with Crippen LogP contribution in [0.5, 0.6) is 0 Å². The van der Waals surface area contributed by atoms with Crippen LogP contribution in [0.25, 0.3) is 5.65 Å². The first kappa shape index (κ1) is 6.80. The largest absolute Gasteiger partial charge is 0.300 e. The summed E-state index contributed by atoms with van der Waals surface area (Å²) < 4.78 is 1.86. The summed E-state index contributed by atoms with van der Waals surface area (Å²) in [5.74, 6) is 0. The molecule has 0 amide bonds. The molecule has 0 bridgehead atoms. The second-order valence-electron chi connectivity index (χ2n) is 2.39. The van der Waals surface area contributed by atoms with Gasteiger partial charge in [-0.15, -0.1) is 0 Å². The van der Waals surface area contributed by atoms with Crippen molar-refractivity contribution < 1.29 is 0 Å². The van der Waals surface area contributed by atoms with Crippen molar-refractivity contribution in [2.24, 2.45) is 0 Å². The predicted molar refractivity (Wildman–Crippen MR) is 42.3 cm³/mol. The topological polar surface area (TPSA) is 54.0 Å². The van der Waals surface area contributed by atoms with Gasteiger partial charge in [-0.2, -0.15) is 5.26 Å². The zero-order valence-corrected chi connectivity index (χ0v) is 6.31. The average Bonchev–Trinajstić information content (AvgIpc) is 2.50. The van der Waals surface area contributed by atoms with Gasteiger partial charge < -0.3 is 4.40 Å². The number of rotatable bonds is 1. The van der Waals surface area contributed by atoms with Gasteiger partial charge in [-0.05, 0) is 0 Å². The van der Waals surface area contributed by atoms with Crippen LogP contribution >= 0.6 is 0 Å². The molecule has 0 saturated heterocycles. The van der Waals surface area contributed by atoms with E-state index in [2.05, 4.69) is 16.0 Å². The molecule has 2 aromatic rings. The van der Waals surface area contributed by atoms with Crippen LogP contribution in [0, 0.1) is 11.3 Å². The molecule has 0 aromatic carbocycles. The van der Waals surface area contributed by atoms with Crippen LogP contribution in [-0.4, -0.2) is 14.4 Å². The molecule has 0 saturated carbocycles. The Morgan fingerprint density at radius 3 is 3.25 bits per heavy atom. The van der Waals surface area contributed by atoms with Crippen molar-refractivity contribution in [3.63, 3.8) is 0 Å². The number of aromatic nitrogens is 3. The molecule has 58 valence electrons. The number of fused-ring (bicyclic) bond motifs is 1. The molecule has 0 aliphatic rings. The first-order valence-electron chi connectivity index (χ1n) is 3.55. The smallest absolute Gasteiger partial charge is 0.155 e. The van der Waals surface area contributed by atoms with Gasteiger partial charge >= 0.3 is 0 Å². The summed E-state index contributed by atoms with van der Waals surface area (Å²) in [6.07, 6.45) is 7.22. The highest BCUT2D eigenvalue weighted by Gasteiger charge is 2.00. The maximum absolute atomic E-state index is 8.49. The summed E-state index contributed by atoms with van der Waals surface area (Å²) in [5.41, 5.74) is 1.68. The molecule has 0 spiro atoms. The molecule has 4 heteroatoms. The summed E-state index contributed by atoms with van der Waals surface area (Å²) in [4.78, 5) is 8.01. The molecule has 0 aliphatic heterocycles. The molecule has 2 heterocycles. The summed E-state index contributed by atoms with van der Waals surface area (Å²) in [5, 5.41) is 8.49. The van der Waals surface area contributed by atoms with Crippen molar-refractivity contribution in [3.8, 4) is 6.07 Å². The van der Waals surface area contributed by atoms with E-state index in [1.165, 1.54) is 0 Å². The van der Waals surface area contributed by atoms with Crippen molar-refractivity contribution >= 4 is 5.65 Å². The minimum Gasteiger partial charge on any atom is -0.300 e.